The number of ether oxygens (including phenoxy) is 1. The minimum absolute atomic E-state index is 0.0141. The highest BCUT2D eigenvalue weighted by molar-refractivity contribution is 7.92. The number of nitrogens with zero attached hydrogens (tertiary/aromatic N) is 8. The molecule has 4 unspecified atom stereocenters. The zero-order chi connectivity index (χ0) is 72.1. The largest absolute Gasteiger partial charge is 0.444 e. The molecule has 5 amide bonds. The minimum atomic E-state index is -3.73. The van der Waals surface area contributed by atoms with E-state index in [9.17, 15) is 40.8 Å². The first-order valence-corrected chi connectivity index (χ1v) is 40.7. The SMILES string of the molecule is CC(C)(C)OC(=O)N1C2CCC1CC(N(C=O)Cc1c(-c3c(Cl)cccc3Cl)noc1C1CC1)C2.CC1(S(=O)(=O)NC(=O)c2ccc3nc(Cl)sc3c2)CC1.CC1(S(=O)(=O)NC(=O)c2ccc3nc(N4C5CCC4CC(N(C=O)Cc4c(-c6c(Cl)cccc6Cl)noc4C4CC4)C5)sc3c2)CC1. The molecule has 102 heavy (non-hydrogen) atoms. The summed E-state index contributed by atoms with van der Waals surface area (Å²) in [4.78, 5) is 79.8. The molecule has 4 aromatic carbocycles. The fourth-order valence-corrected chi connectivity index (χ4v) is 20.3. The third kappa shape index (κ3) is 14.8. The molecule has 4 atom stereocenters. The summed E-state index contributed by atoms with van der Waals surface area (Å²) in [5.41, 5.74) is 5.68. The topological polar surface area (TPSA) is 278 Å². The molecule has 540 valence electrons. The smallest absolute Gasteiger partial charge is 0.410 e. The van der Waals surface area contributed by atoms with E-state index in [0.717, 1.165) is 133 Å². The monoisotopic (exact) mass is 1560 g/mol. The fraction of sp³-hybridized carbons (Fsp3) is 0.479. The maximum atomic E-state index is 12.9. The van der Waals surface area contributed by atoms with Crippen LogP contribution in [0.2, 0.25) is 24.6 Å². The van der Waals surface area contributed by atoms with Crippen LogP contribution in [-0.4, -0.2) is 134 Å². The fourth-order valence-electron chi connectivity index (χ4n) is 14.5. The van der Waals surface area contributed by atoms with E-state index in [4.69, 9.17) is 76.8 Å². The summed E-state index contributed by atoms with van der Waals surface area (Å²) in [6.45, 7) is 9.66. The van der Waals surface area contributed by atoms with Crippen LogP contribution in [0.1, 0.15) is 193 Å². The summed E-state index contributed by atoms with van der Waals surface area (Å²) in [5.74, 6) is 0.982. The molecule has 4 bridgehead atoms. The lowest BCUT2D eigenvalue weighted by Crippen LogP contribution is -2.53. The molecular weight excluding hydrogens is 1490 g/mol. The maximum absolute atomic E-state index is 12.9. The third-order valence-corrected chi connectivity index (χ3v) is 28.7. The van der Waals surface area contributed by atoms with Gasteiger partial charge >= 0.3 is 6.09 Å². The first-order chi connectivity index (χ1) is 48.5. The number of amides is 5. The molecule has 4 saturated carbocycles. The number of anilines is 1. The van der Waals surface area contributed by atoms with Gasteiger partial charge in [0.15, 0.2) is 9.60 Å². The van der Waals surface area contributed by atoms with Crippen LogP contribution in [-0.2, 0) is 47.5 Å². The minimum Gasteiger partial charge on any atom is -0.444 e. The van der Waals surface area contributed by atoms with Crippen molar-refractivity contribution in [2.75, 3.05) is 4.90 Å². The standard InChI is InChI=1S/C33H33Cl2N5O5S2.C26H31Cl2N3O4.C12H11ClN2O3S2/c1-33(11-12-33)47(43,44)38-31(42)19-7-10-26-27(13-19)46-32(36-26)40-20-8-9-21(40)15-22(14-20)39(17-41)16-23-29(37-45-30(23)18-5-6-18)28-24(34)3-2-4-25(28)35;1-26(2,3)34-25(33)31-16-9-10-17(31)12-18(11-16)30(14-32)13-19-23(29-35-24(19)15-7-8-15)22-20(27)5-4-6-21(22)28;1-12(4-5-12)20(17,18)15-10(16)7-2-3-8-9(6-7)19-11(13)14-8/h2-4,7,10,13,17-18,20-22H,5-6,8-9,11-12,14-16H2,1H3,(H,38,42);4-6,14-18H,7-13H2,1-3H3;2-3,6H,4-5H2,1H3,(H,15,16). The number of nitrogens with one attached hydrogen (secondary N) is 2. The van der Waals surface area contributed by atoms with Gasteiger partial charge in [-0.05, 0) is 198 Å². The molecule has 16 rings (SSSR count). The summed E-state index contributed by atoms with van der Waals surface area (Å²) < 4.78 is 71.2. The average molecular weight is 1570 g/mol. The van der Waals surface area contributed by atoms with Gasteiger partial charge in [-0.15, -0.1) is 11.3 Å². The van der Waals surface area contributed by atoms with Crippen LogP contribution in [0.3, 0.4) is 0 Å². The second kappa shape index (κ2) is 28.0. The Labute approximate surface area is 623 Å². The summed E-state index contributed by atoms with van der Waals surface area (Å²) in [7, 11) is -7.35. The van der Waals surface area contributed by atoms with Gasteiger partial charge in [-0.25, -0.2) is 41.0 Å². The van der Waals surface area contributed by atoms with Crippen molar-refractivity contribution in [3.05, 3.63) is 131 Å². The van der Waals surface area contributed by atoms with E-state index in [1.807, 2.05) is 35.5 Å². The maximum Gasteiger partial charge on any atom is 0.410 e. The van der Waals surface area contributed by atoms with Crippen molar-refractivity contribution in [1.29, 1.82) is 0 Å². The van der Waals surface area contributed by atoms with Crippen LogP contribution in [0.4, 0.5) is 9.93 Å². The molecule has 0 spiro atoms. The molecule has 4 aliphatic carbocycles. The molecule has 4 aliphatic heterocycles. The third-order valence-electron chi connectivity index (χ3n) is 21.0. The average Bonchev–Trinajstić information content (AvgIpc) is 1.61. The van der Waals surface area contributed by atoms with Crippen LogP contribution in [0.25, 0.3) is 42.9 Å². The highest BCUT2D eigenvalue weighted by Gasteiger charge is 2.53. The number of benzene rings is 4. The Morgan fingerprint density at radius 1 is 0.598 bits per heavy atom. The van der Waals surface area contributed by atoms with E-state index in [1.165, 1.54) is 22.7 Å². The van der Waals surface area contributed by atoms with Gasteiger partial charge in [-0.2, -0.15) is 0 Å². The number of hydrogen-bond acceptors (Lipinski definition) is 19. The van der Waals surface area contributed by atoms with Gasteiger partial charge in [0.1, 0.15) is 28.5 Å². The normalized spacial score (nSPS) is 22.3. The molecule has 8 fully saturated rings. The first kappa shape index (κ1) is 72.3. The lowest BCUT2D eigenvalue weighted by molar-refractivity contribution is -0.122. The predicted molar refractivity (Wildman–Crippen MR) is 394 cm³/mol. The molecule has 4 saturated heterocycles. The number of carbonyl (C=O) groups is 5. The quantitative estimate of drug-likeness (QED) is 0.0712. The number of halogens is 5. The van der Waals surface area contributed by atoms with Crippen molar-refractivity contribution in [2.45, 2.75) is 214 Å². The number of thiazole rings is 2. The lowest BCUT2D eigenvalue weighted by Gasteiger charge is -2.42. The zero-order valence-electron chi connectivity index (χ0n) is 56.4. The Hall–Kier alpha value is -6.62. The van der Waals surface area contributed by atoms with E-state index < -0.39 is 47.0 Å². The van der Waals surface area contributed by atoms with Crippen molar-refractivity contribution < 1.29 is 54.6 Å². The van der Waals surface area contributed by atoms with Crippen molar-refractivity contribution in [3.8, 4) is 22.5 Å². The molecule has 8 heterocycles. The van der Waals surface area contributed by atoms with E-state index in [0.29, 0.717) is 103 Å². The van der Waals surface area contributed by atoms with Gasteiger partial charge in [0.25, 0.3) is 11.8 Å². The van der Waals surface area contributed by atoms with Gasteiger partial charge in [0.2, 0.25) is 32.9 Å². The Morgan fingerprint density at radius 2 is 1.00 bits per heavy atom. The Balaban J connectivity index is 0.000000140. The number of rotatable bonds is 19. The van der Waals surface area contributed by atoms with E-state index in [1.54, 1.807) is 86.6 Å². The van der Waals surface area contributed by atoms with Crippen LogP contribution in [0.15, 0.2) is 81.8 Å². The van der Waals surface area contributed by atoms with Gasteiger partial charge in [-0.1, -0.05) is 91.8 Å². The number of hydrogen-bond donors (Lipinski definition) is 2. The highest BCUT2D eigenvalue weighted by atomic mass is 35.5. The van der Waals surface area contributed by atoms with Crippen molar-refractivity contribution in [1.82, 2.24) is 44.4 Å². The molecule has 31 heteroatoms. The Morgan fingerprint density at radius 3 is 1.40 bits per heavy atom. The molecule has 2 N–H and O–H groups in total. The number of aromatic nitrogens is 4. The summed E-state index contributed by atoms with van der Waals surface area (Å²) in [5, 5.41) is 11.6. The Bertz CT molecular complexity index is 4800. The first-order valence-electron chi connectivity index (χ1n) is 34.2. The van der Waals surface area contributed by atoms with E-state index in [-0.39, 0.29) is 53.8 Å². The van der Waals surface area contributed by atoms with Gasteiger partial charge < -0.3 is 33.4 Å². The summed E-state index contributed by atoms with van der Waals surface area (Å²) in [6.07, 6.45) is 14.9. The van der Waals surface area contributed by atoms with E-state index >= 15 is 0 Å². The summed E-state index contributed by atoms with van der Waals surface area (Å²) >= 11 is 34.7. The predicted octanol–water partition coefficient (Wildman–Crippen LogP) is 15.9. The second-order valence-electron chi connectivity index (χ2n) is 29.5. The number of piperidine rings is 2. The van der Waals surface area contributed by atoms with Crippen LogP contribution in [0, 0.1) is 0 Å². The van der Waals surface area contributed by atoms with Crippen LogP contribution < -0.4 is 14.3 Å². The molecule has 4 aromatic heterocycles. The number of sulfonamides is 2. The van der Waals surface area contributed by atoms with Crippen molar-refractivity contribution in [2.24, 2.45) is 0 Å². The zero-order valence-corrected chi connectivity index (χ0v) is 63.5. The van der Waals surface area contributed by atoms with Gasteiger partial charge in [0, 0.05) is 81.5 Å². The van der Waals surface area contributed by atoms with Crippen molar-refractivity contribution in [3.63, 3.8) is 0 Å². The number of carbonyl (C=O) groups excluding carboxylic acids is 5. The summed E-state index contributed by atoms with van der Waals surface area (Å²) in [6, 6.07) is 21.2. The van der Waals surface area contributed by atoms with Crippen molar-refractivity contribution >= 4 is 157 Å². The number of fused-ring (bicyclic) bond motifs is 6. The second-order valence-corrected chi connectivity index (χ2v) is 38.1. The Kier molecular flexibility index (Phi) is 19.9. The molecule has 8 aromatic rings. The molecular formula is C71H75Cl5N10O12S4. The van der Waals surface area contributed by atoms with E-state index in [2.05, 4.69) is 29.6 Å². The van der Waals surface area contributed by atoms with Crippen LogP contribution >= 0.6 is 80.7 Å². The molecule has 8 aliphatic rings. The molecule has 22 nitrogen and oxygen atoms in total. The van der Waals surface area contributed by atoms with Gasteiger partial charge in [0.05, 0.1) is 63.1 Å². The highest BCUT2D eigenvalue weighted by Crippen LogP contribution is 2.51. The van der Waals surface area contributed by atoms with Gasteiger partial charge in [-0.3, -0.25) is 19.2 Å². The molecule has 0 radical (unpaired) electrons. The lowest BCUT2D eigenvalue weighted by atomic mass is 9.95. The van der Waals surface area contributed by atoms with Crippen LogP contribution in [0.5, 0.6) is 0 Å².